The third-order valence-corrected chi connectivity index (χ3v) is 7.69. The van der Waals surface area contributed by atoms with Crippen molar-refractivity contribution >= 4 is 28.2 Å². The number of nitrogens with zero attached hydrogens (tertiary/aromatic N) is 2. The summed E-state index contributed by atoms with van der Waals surface area (Å²) in [6.07, 6.45) is 2.73. The molecule has 6 nitrogen and oxygen atoms in total. The first-order valence-electron chi connectivity index (χ1n) is 11.7. The zero-order valence-corrected chi connectivity index (χ0v) is 20.8. The van der Waals surface area contributed by atoms with Crippen molar-refractivity contribution in [2.45, 2.75) is 33.1 Å². The SMILES string of the molecule is COC(=O)c1c(NC(=O)c2c(-c3ccccc3)nn(-c3ccccc3)c2C)sc2c1CC[C@@H](C)C2. The fraction of sp³-hybridized carbons (Fsp3) is 0.250. The van der Waals surface area contributed by atoms with E-state index in [4.69, 9.17) is 9.84 Å². The van der Waals surface area contributed by atoms with Crippen LogP contribution in [-0.2, 0) is 17.6 Å². The van der Waals surface area contributed by atoms with Gasteiger partial charge in [0, 0.05) is 10.4 Å². The van der Waals surface area contributed by atoms with Crippen LogP contribution >= 0.6 is 11.3 Å². The normalized spacial score (nSPS) is 14.9. The maximum absolute atomic E-state index is 13.8. The van der Waals surface area contributed by atoms with Crippen LogP contribution in [0.5, 0.6) is 0 Å². The molecule has 2 aromatic carbocycles. The minimum absolute atomic E-state index is 0.291. The van der Waals surface area contributed by atoms with Gasteiger partial charge in [-0.2, -0.15) is 5.10 Å². The molecule has 7 heteroatoms. The van der Waals surface area contributed by atoms with E-state index < -0.39 is 5.97 Å². The highest BCUT2D eigenvalue weighted by atomic mass is 32.1. The van der Waals surface area contributed by atoms with Gasteiger partial charge >= 0.3 is 5.97 Å². The Morgan fingerprint density at radius 3 is 2.43 bits per heavy atom. The lowest BCUT2D eigenvalue weighted by molar-refractivity contribution is 0.0601. The van der Waals surface area contributed by atoms with Gasteiger partial charge in [-0.25, -0.2) is 9.48 Å². The highest BCUT2D eigenvalue weighted by molar-refractivity contribution is 7.17. The lowest BCUT2D eigenvalue weighted by Crippen LogP contribution is -2.17. The van der Waals surface area contributed by atoms with Gasteiger partial charge in [-0.3, -0.25) is 4.79 Å². The van der Waals surface area contributed by atoms with Crippen LogP contribution < -0.4 is 5.32 Å². The van der Waals surface area contributed by atoms with Crippen molar-refractivity contribution in [2.75, 3.05) is 12.4 Å². The standard InChI is InChI=1S/C28H27N3O3S/c1-17-14-15-21-22(16-17)35-27(24(21)28(33)34-3)29-26(32)23-18(2)31(20-12-8-5-9-13-20)30-25(23)19-10-6-4-7-11-19/h4-13,17H,14-16H2,1-3H3,(H,29,32)/t17-/m1/s1. The fourth-order valence-corrected chi connectivity index (χ4v) is 6.11. The molecule has 0 unspecified atom stereocenters. The average Bonchev–Trinajstić information content (AvgIpc) is 3.41. The maximum Gasteiger partial charge on any atom is 0.341 e. The Bertz CT molecular complexity index is 1390. The number of esters is 1. The summed E-state index contributed by atoms with van der Waals surface area (Å²) in [6.45, 7) is 4.11. The molecule has 2 heterocycles. The number of fused-ring (bicyclic) bond motifs is 1. The molecule has 2 aromatic heterocycles. The summed E-state index contributed by atoms with van der Waals surface area (Å²) in [5, 5.41) is 8.43. The largest absolute Gasteiger partial charge is 0.465 e. The van der Waals surface area contributed by atoms with E-state index in [-0.39, 0.29) is 5.91 Å². The van der Waals surface area contributed by atoms with Gasteiger partial charge in [-0.1, -0.05) is 55.5 Å². The molecule has 1 amide bonds. The number of carbonyl (C=O) groups is 2. The monoisotopic (exact) mass is 485 g/mol. The van der Waals surface area contributed by atoms with Gasteiger partial charge in [0.25, 0.3) is 5.91 Å². The van der Waals surface area contributed by atoms with Gasteiger partial charge in [-0.05, 0) is 49.8 Å². The number of ether oxygens (including phenoxy) is 1. The summed E-state index contributed by atoms with van der Waals surface area (Å²) in [7, 11) is 1.38. The zero-order valence-electron chi connectivity index (χ0n) is 20.0. The zero-order chi connectivity index (χ0) is 24.5. The lowest BCUT2D eigenvalue weighted by atomic mass is 9.88. The number of methoxy groups -OCH3 is 1. The van der Waals surface area contributed by atoms with E-state index in [1.807, 2.05) is 67.6 Å². The Labute approximate surface area is 208 Å². The Morgan fingerprint density at radius 2 is 1.74 bits per heavy atom. The van der Waals surface area contributed by atoms with Gasteiger partial charge in [0.1, 0.15) is 10.7 Å². The molecule has 35 heavy (non-hydrogen) atoms. The highest BCUT2D eigenvalue weighted by Crippen LogP contribution is 2.40. The number of rotatable bonds is 5. The fourth-order valence-electron chi connectivity index (χ4n) is 4.72. The number of carbonyl (C=O) groups excluding carboxylic acids is 2. The van der Waals surface area contributed by atoms with Crippen LogP contribution in [0.2, 0.25) is 0 Å². The van der Waals surface area contributed by atoms with Crippen LogP contribution in [0.1, 0.15) is 50.2 Å². The second kappa shape index (κ2) is 9.50. The Morgan fingerprint density at radius 1 is 1.06 bits per heavy atom. The van der Waals surface area contributed by atoms with E-state index in [0.29, 0.717) is 27.7 Å². The number of nitrogens with one attached hydrogen (secondary N) is 1. The van der Waals surface area contributed by atoms with Crippen LogP contribution in [0, 0.1) is 12.8 Å². The van der Waals surface area contributed by atoms with Crippen molar-refractivity contribution in [1.82, 2.24) is 9.78 Å². The average molecular weight is 486 g/mol. The lowest BCUT2D eigenvalue weighted by Gasteiger charge is -2.18. The summed E-state index contributed by atoms with van der Waals surface area (Å²) < 4.78 is 6.89. The number of anilines is 1. The van der Waals surface area contributed by atoms with E-state index in [9.17, 15) is 9.59 Å². The number of thiophene rings is 1. The van der Waals surface area contributed by atoms with Crippen LogP contribution in [-0.4, -0.2) is 28.8 Å². The molecule has 0 spiro atoms. The minimum atomic E-state index is -0.410. The van der Waals surface area contributed by atoms with E-state index >= 15 is 0 Å². The third-order valence-electron chi connectivity index (χ3n) is 6.52. The predicted molar refractivity (Wildman–Crippen MR) is 139 cm³/mol. The van der Waals surface area contributed by atoms with Gasteiger partial charge < -0.3 is 10.1 Å². The Kier molecular flexibility index (Phi) is 6.26. The molecule has 0 aliphatic heterocycles. The van der Waals surface area contributed by atoms with Crippen LogP contribution in [0.15, 0.2) is 60.7 Å². The van der Waals surface area contributed by atoms with Gasteiger partial charge in [0.15, 0.2) is 0 Å². The molecule has 0 fully saturated rings. The summed E-state index contributed by atoms with van der Waals surface area (Å²) in [5.41, 5.74) is 5.02. The Hall–Kier alpha value is -3.71. The van der Waals surface area contributed by atoms with Gasteiger partial charge in [0.2, 0.25) is 0 Å². The summed E-state index contributed by atoms with van der Waals surface area (Å²) >= 11 is 1.48. The molecular weight excluding hydrogens is 458 g/mol. The highest BCUT2D eigenvalue weighted by Gasteiger charge is 2.30. The summed E-state index contributed by atoms with van der Waals surface area (Å²) in [4.78, 5) is 27.7. The smallest absolute Gasteiger partial charge is 0.341 e. The molecule has 0 saturated heterocycles. The maximum atomic E-state index is 13.8. The van der Waals surface area contributed by atoms with Crippen molar-refractivity contribution in [1.29, 1.82) is 0 Å². The first-order valence-corrected chi connectivity index (χ1v) is 12.5. The van der Waals surface area contributed by atoms with Gasteiger partial charge in [0.05, 0.1) is 29.6 Å². The second-order valence-electron chi connectivity index (χ2n) is 8.92. The second-order valence-corrected chi connectivity index (χ2v) is 10.0. The molecule has 5 rings (SSSR count). The molecule has 0 saturated carbocycles. The summed E-state index contributed by atoms with van der Waals surface area (Å²) in [6, 6.07) is 19.4. The van der Waals surface area contributed by atoms with Crippen LogP contribution in [0.3, 0.4) is 0 Å². The quantitative estimate of drug-likeness (QED) is 0.348. The first kappa shape index (κ1) is 23.1. The number of aromatic nitrogens is 2. The number of amides is 1. The number of para-hydroxylation sites is 1. The third kappa shape index (κ3) is 4.28. The minimum Gasteiger partial charge on any atom is -0.465 e. The van der Waals surface area contributed by atoms with Crippen LogP contribution in [0.25, 0.3) is 16.9 Å². The van der Waals surface area contributed by atoms with Gasteiger partial charge in [-0.15, -0.1) is 11.3 Å². The van der Waals surface area contributed by atoms with Crippen molar-refractivity contribution in [3.8, 4) is 16.9 Å². The van der Waals surface area contributed by atoms with Crippen molar-refractivity contribution in [2.24, 2.45) is 5.92 Å². The van der Waals surface area contributed by atoms with Crippen molar-refractivity contribution < 1.29 is 14.3 Å². The topological polar surface area (TPSA) is 73.2 Å². The van der Waals surface area contributed by atoms with Crippen molar-refractivity contribution in [3.05, 3.63) is 87.9 Å². The van der Waals surface area contributed by atoms with E-state index in [0.717, 1.165) is 46.6 Å². The summed E-state index contributed by atoms with van der Waals surface area (Å²) in [5.74, 6) is -0.154. The molecule has 1 aliphatic carbocycles. The molecule has 1 N–H and O–H groups in total. The number of hydrogen-bond acceptors (Lipinski definition) is 5. The molecule has 0 radical (unpaired) electrons. The molecule has 1 aliphatic rings. The van der Waals surface area contributed by atoms with E-state index in [1.54, 1.807) is 4.68 Å². The molecule has 4 aromatic rings. The predicted octanol–water partition coefficient (Wildman–Crippen LogP) is 6.07. The van der Waals surface area contributed by atoms with E-state index in [1.165, 1.54) is 18.4 Å². The number of benzene rings is 2. The molecular formula is C28H27N3O3S. The first-order chi connectivity index (χ1) is 17.0. The molecule has 178 valence electrons. The number of hydrogen-bond donors (Lipinski definition) is 1. The Balaban J connectivity index is 1.60. The van der Waals surface area contributed by atoms with Crippen molar-refractivity contribution in [3.63, 3.8) is 0 Å². The molecule has 0 bridgehead atoms. The van der Waals surface area contributed by atoms with Crippen LogP contribution in [0.4, 0.5) is 5.00 Å². The van der Waals surface area contributed by atoms with E-state index in [2.05, 4.69) is 12.2 Å². The molecule has 1 atom stereocenters.